The summed E-state index contributed by atoms with van der Waals surface area (Å²) in [5, 5.41) is 14.5. The van der Waals surface area contributed by atoms with Gasteiger partial charge in [-0.2, -0.15) is 36.4 Å². The fourth-order valence-electron chi connectivity index (χ4n) is 2.20. The van der Waals surface area contributed by atoms with Gasteiger partial charge in [0.15, 0.2) is 11.6 Å². The van der Waals surface area contributed by atoms with Gasteiger partial charge in [0.2, 0.25) is 5.82 Å². The van der Waals surface area contributed by atoms with E-state index in [-0.39, 0.29) is 23.1 Å². The molecule has 3 heterocycles. The maximum Gasteiger partial charge on any atom is 0.490 e. The standard InChI is InChI=1S/C14H15F3N6O2.C2HF3O2/c1-22(2)5-8-3-4-10(24-8)13-19-12(21-25-13)9-6-23(20-11(9)18)7-14(15,16)17;3-2(4,5)1(6)7/h3-4,6H,5,7H2,1-2H3,(H2,18,20);(H,6,7). The second-order valence-electron chi connectivity index (χ2n) is 6.47. The predicted molar refractivity (Wildman–Crippen MR) is 94.8 cm³/mol. The van der Waals surface area contributed by atoms with Crippen LogP contribution in [0.5, 0.6) is 0 Å². The molecule has 3 aromatic rings. The number of carboxylic acids is 1. The normalized spacial score (nSPS) is 12.0. The number of nitrogens with two attached hydrogens (primary N) is 1. The molecule has 0 atom stereocenters. The summed E-state index contributed by atoms with van der Waals surface area (Å²) in [6.45, 7) is -0.661. The second kappa shape index (κ2) is 9.29. The molecule has 0 saturated heterocycles. The molecule has 32 heavy (non-hydrogen) atoms. The highest BCUT2D eigenvalue weighted by Crippen LogP contribution is 2.28. The minimum atomic E-state index is -5.08. The lowest BCUT2D eigenvalue weighted by Gasteiger charge is -2.05. The van der Waals surface area contributed by atoms with E-state index in [1.807, 2.05) is 19.0 Å². The van der Waals surface area contributed by atoms with Crippen LogP contribution in [0.3, 0.4) is 0 Å². The zero-order valence-corrected chi connectivity index (χ0v) is 16.4. The van der Waals surface area contributed by atoms with Crippen molar-refractivity contribution in [3.8, 4) is 23.0 Å². The monoisotopic (exact) mass is 470 g/mol. The summed E-state index contributed by atoms with van der Waals surface area (Å²) in [6.07, 6.45) is -8.37. The van der Waals surface area contributed by atoms with Crippen LogP contribution in [0.4, 0.5) is 32.2 Å². The van der Waals surface area contributed by atoms with Gasteiger partial charge in [-0.25, -0.2) is 4.79 Å². The van der Waals surface area contributed by atoms with Crippen LogP contribution in [0.1, 0.15) is 5.76 Å². The lowest BCUT2D eigenvalue weighted by Crippen LogP contribution is -2.21. The number of nitrogen functional groups attached to an aromatic ring is 1. The molecular weight excluding hydrogens is 454 g/mol. The Morgan fingerprint density at radius 3 is 2.38 bits per heavy atom. The summed E-state index contributed by atoms with van der Waals surface area (Å²) in [6, 6.07) is 3.45. The number of furan rings is 1. The fourth-order valence-corrected chi connectivity index (χ4v) is 2.20. The molecule has 0 fully saturated rings. The number of aliphatic carboxylic acids is 1. The topological polar surface area (TPSA) is 136 Å². The Kier molecular flexibility index (Phi) is 7.17. The summed E-state index contributed by atoms with van der Waals surface area (Å²) in [5.74, 6) is -1.68. The molecule has 0 bridgehead atoms. The van der Waals surface area contributed by atoms with Gasteiger partial charge in [-0.3, -0.25) is 4.68 Å². The van der Waals surface area contributed by atoms with E-state index in [4.69, 9.17) is 24.6 Å². The summed E-state index contributed by atoms with van der Waals surface area (Å²) in [4.78, 5) is 14.9. The number of hydrogen-bond donors (Lipinski definition) is 2. The molecule has 0 aromatic carbocycles. The molecule has 10 nitrogen and oxygen atoms in total. The molecule has 0 amide bonds. The van der Waals surface area contributed by atoms with Crippen molar-refractivity contribution in [3.05, 3.63) is 24.1 Å². The highest BCUT2D eigenvalue weighted by molar-refractivity contribution is 5.73. The Morgan fingerprint density at radius 2 is 1.84 bits per heavy atom. The Hall–Kier alpha value is -3.56. The maximum atomic E-state index is 12.4. The van der Waals surface area contributed by atoms with Gasteiger partial charge in [0.05, 0.1) is 12.1 Å². The number of halogens is 6. The largest absolute Gasteiger partial charge is 0.490 e. The Labute approximate surface area is 175 Å². The van der Waals surface area contributed by atoms with Crippen LogP contribution in [0.25, 0.3) is 23.0 Å². The highest BCUT2D eigenvalue weighted by atomic mass is 19.4. The molecular formula is C16H16F6N6O4. The van der Waals surface area contributed by atoms with Crippen LogP contribution in [-0.4, -0.2) is 62.3 Å². The fraction of sp³-hybridized carbons (Fsp3) is 0.375. The van der Waals surface area contributed by atoms with Crippen LogP contribution in [0, 0.1) is 0 Å². The first-order chi connectivity index (χ1) is 14.7. The first kappa shape index (κ1) is 24.7. The molecule has 0 radical (unpaired) electrons. The van der Waals surface area contributed by atoms with Crippen molar-refractivity contribution in [1.29, 1.82) is 0 Å². The van der Waals surface area contributed by atoms with E-state index < -0.39 is 24.9 Å². The lowest BCUT2D eigenvalue weighted by molar-refractivity contribution is -0.192. The van der Waals surface area contributed by atoms with Crippen molar-refractivity contribution in [2.24, 2.45) is 0 Å². The number of hydrogen-bond acceptors (Lipinski definition) is 8. The van der Waals surface area contributed by atoms with Crippen LogP contribution in [0.2, 0.25) is 0 Å². The average molecular weight is 470 g/mol. The Bertz CT molecular complexity index is 1050. The second-order valence-corrected chi connectivity index (χ2v) is 6.47. The average Bonchev–Trinajstić information content (AvgIpc) is 3.32. The van der Waals surface area contributed by atoms with E-state index in [1.54, 1.807) is 12.1 Å². The van der Waals surface area contributed by atoms with Gasteiger partial charge < -0.3 is 24.7 Å². The summed E-state index contributed by atoms with van der Waals surface area (Å²) in [7, 11) is 3.79. The molecule has 0 saturated carbocycles. The number of rotatable bonds is 5. The van der Waals surface area contributed by atoms with Gasteiger partial charge >= 0.3 is 18.3 Å². The third kappa shape index (κ3) is 7.00. The summed E-state index contributed by atoms with van der Waals surface area (Å²) < 4.78 is 80.4. The van der Waals surface area contributed by atoms with Gasteiger partial charge in [0.1, 0.15) is 12.3 Å². The zero-order chi connectivity index (χ0) is 24.3. The van der Waals surface area contributed by atoms with Crippen molar-refractivity contribution in [2.45, 2.75) is 25.4 Å². The number of nitrogens with zero attached hydrogens (tertiary/aromatic N) is 5. The first-order valence-corrected chi connectivity index (χ1v) is 8.43. The quantitative estimate of drug-likeness (QED) is 0.539. The number of anilines is 1. The molecule has 3 aromatic heterocycles. The Morgan fingerprint density at radius 1 is 1.22 bits per heavy atom. The molecule has 16 heteroatoms. The summed E-state index contributed by atoms with van der Waals surface area (Å²) >= 11 is 0. The van der Waals surface area contributed by atoms with Crippen LogP contribution in [0.15, 0.2) is 27.3 Å². The van der Waals surface area contributed by atoms with Crippen LogP contribution >= 0.6 is 0 Å². The van der Waals surface area contributed by atoms with E-state index in [2.05, 4.69) is 15.2 Å². The zero-order valence-electron chi connectivity index (χ0n) is 16.4. The molecule has 176 valence electrons. The van der Waals surface area contributed by atoms with Crippen LogP contribution < -0.4 is 5.73 Å². The molecule has 0 aliphatic heterocycles. The van der Waals surface area contributed by atoms with Crippen molar-refractivity contribution < 1.29 is 45.2 Å². The predicted octanol–water partition coefficient (Wildman–Crippen LogP) is 3.03. The van der Waals surface area contributed by atoms with Crippen molar-refractivity contribution >= 4 is 11.8 Å². The van der Waals surface area contributed by atoms with E-state index >= 15 is 0 Å². The third-order valence-corrected chi connectivity index (χ3v) is 3.39. The Balaban J connectivity index is 0.000000451. The minimum absolute atomic E-state index is 0.0338. The molecule has 3 N–H and O–H groups in total. The molecule has 3 rings (SSSR count). The van der Waals surface area contributed by atoms with Gasteiger partial charge in [-0.05, 0) is 26.2 Å². The molecule has 0 aliphatic carbocycles. The third-order valence-electron chi connectivity index (χ3n) is 3.39. The lowest BCUT2D eigenvalue weighted by atomic mass is 10.3. The SMILES string of the molecule is CN(C)Cc1ccc(-c2nc(-c3cn(CC(F)(F)F)nc3N)no2)o1.O=C(O)C(F)(F)F. The van der Waals surface area contributed by atoms with Crippen LogP contribution in [-0.2, 0) is 17.9 Å². The van der Waals surface area contributed by atoms with E-state index in [0.717, 1.165) is 6.20 Å². The van der Waals surface area contributed by atoms with Gasteiger partial charge in [-0.1, -0.05) is 5.16 Å². The number of carboxylic acid groups (broad SMARTS) is 1. The van der Waals surface area contributed by atoms with E-state index in [1.165, 1.54) is 0 Å². The highest BCUT2D eigenvalue weighted by Gasteiger charge is 2.38. The molecule has 0 unspecified atom stereocenters. The van der Waals surface area contributed by atoms with E-state index in [9.17, 15) is 26.3 Å². The molecule has 0 aliphatic rings. The van der Waals surface area contributed by atoms with Crippen molar-refractivity contribution in [3.63, 3.8) is 0 Å². The first-order valence-electron chi connectivity index (χ1n) is 8.43. The molecule has 0 spiro atoms. The van der Waals surface area contributed by atoms with Gasteiger partial charge in [0.25, 0.3) is 5.89 Å². The number of aromatic nitrogens is 4. The number of alkyl halides is 6. The summed E-state index contributed by atoms with van der Waals surface area (Å²) in [5.41, 5.74) is 5.80. The van der Waals surface area contributed by atoms with Crippen molar-refractivity contribution in [1.82, 2.24) is 24.8 Å². The van der Waals surface area contributed by atoms with E-state index in [0.29, 0.717) is 22.7 Å². The van der Waals surface area contributed by atoms with Gasteiger partial charge in [-0.15, -0.1) is 0 Å². The smallest absolute Gasteiger partial charge is 0.475 e. The van der Waals surface area contributed by atoms with Crippen molar-refractivity contribution in [2.75, 3.05) is 19.8 Å². The maximum absolute atomic E-state index is 12.4. The minimum Gasteiger partial charge on any atom is -0.475 e. The van der Waals surface area contributed by atoms with Gasteiger partial charge in [0, 0.05) is 6.20 Å². The number of carbonyl (C=O) groups is 1.